The molecule has 1 fully saturated rings. The first-order valence-electron chi connectivity index (χ1n) is 12.8. The van der Waals surface area contributed by atoms with Gasteiger partial charge in [0.25, 0.3) is 0 Å². The summed E-state index contributed by atoms with van der Waals surface area (Å²) >= 11 is 0. The average Bonchev–Trinajstić information content (AvgIpc) is 3.44. The molecule has 0 amide bonds. The number of aryl methyl sites for hydroxylation is 1. The van der Waals surface area contributed by atoms with E-state index in [0.29, 0.717) is 38.6 Å². The number of hydrogen-bond donors (Lipinski definition) is 2. The van der Waals surface area contributed by atoms with E-state index in [0.717, 1.165) is 32.2 Å². The van der Waals surface area contributed by atoms with Gasteiger partial charge >= 0.3 is 6.18 Å². The van der Waals surface area contributed by atoms with Crippen molar-refractivity contribution in [2.24, 2.45) is 0 Å². The number of nitrogens with zero attached hydrogens (tertiary/aromatic N) is 4. The third-order valence-electron chi connectivity index (χ3n) is 6.73. The molecule has 4 aromatic rings. The van der Waals surface area contributed by atoms with Crippen LogP contribution in [-0.4, -0.2) is 56.3 Å². The molecule has 1 aliphatic rings. The maximum absolute atomic E-state index is 13.6. The Hall–Kier alpha value is -3.41. The third-order valence-corrected chi connectivity index (χ3v) is 8.00. The van der Waals surface area contributed by atoms with E-state index >= 15 is 0 Å². The van der Waals surface area contributed by atoms with Crippen LogP contribution in [-0.2, 0) is 17.0 Å². The lowest BCUT2D eigenvalue weighted by Gasteiger charge is -2.15. The van der Waals surface area contributed by atoms with Crippen molar-refractivity contribution in [1.82, 2.24) is 25.4 Å². The topological polar surface area (TPSA) is 83.0 Å². The van der Waals surface area contributed by atoms with Crippen molar-refractivity contribution in [3.05, 3.63) is 71.8 Å². The molecule has 1 unspecified atom stereocenters. The smallest absolute Gasteiger partial charge is 0.323 e. The Kier molecular flexibility index (Phi) is 8.20. The lowest BCUT2D eigenvalue weighted by atomic mass is 9.95. The van der Waals surface area contributed by atoms with Gasteiger partial charge in [-0.15, -0.1) is 10.2 Å². The second kappa shape index (κ2) is 11.8. The van der Waals surface area contributed by atoms with Crippen LogP contribution >= 0.6 is 0 Å². The van der Waals surface area contributed by atoms with Gasteiger partial charge in [0.1, 0.15) is 5.52 Å². The van der Waals surface area contributed by atoms with Gasteiger partial charge in [-0.2, -0.15) is 13.2 Å². The number of halogens is 3. The Morgan fingerprint density at radius 2 is 1.69 bits per heavy atom. The standard InChI is InChI=1S/C28H29F3N6OS/c1-19-16-25-26(17-23(19)22-6-2-3-7-24(22)28(29,30)31)35-36-27(34-25)33-20-8-10-21(11-9-20)39(38)18-32-12-15-37-13-4-5-14-37/h2-3,6-11,16-17,32H,4-5,12-15,18H2,1H3,(H,33,34,36). The van der Waals surface area contributed by atoms with E-state index in [1.807, 2.05) is 0 Å². The minimum Gasteiger partial charge on any atom is -0.323 e. The predicted molar refractivity (Wildman–Crippen MR) is 147 cm³/mol. The summed E-state index contributed by atoms with van der Waals surface area (Å²) in [5.74, 6) is 0.649. The molecular weight excluding hydrogens is 525 g/mol. The van der Waals surface area contributed by atoms with Crippen LogP contribution in [0.1, 0.15) is 24.0 Å². The van der Waals surface area contributed by atoms with Crippen molar-refractivity contribution in [3.8, 4) is 11.1 Å². The molecule has 0 bridgehead atoms. The molecule has 204 valence electrons. The van der Waals surface area contributed by atoms with Crippen LogP contribution in [0.15, 0.2) is 65.6 Å². The molecule has 0 spiro atoms. The van der Waals surface area contributed by atoms with Crippen LogP contribution in [0, 0.1) is 6.92 Å². The number of alkyl halides is 3. The maximum Gasteiger partial charge on any atom is 0.417 e. The van der Waals surface area contributed by atoms with Crippen LogP contribution in [0.3, 0.4) is 0 Å². The van der Waals surface area contributed by atoms with Gasteiger partial charge in [0, 0.05) is 23.7 Å². The van der Waals surface area contributed by atoms with Crippen molar-refractivity contribution in [1.29, 1.82) is 0 Å². The van der Waals surface area contributed by atoms with Gasteiger partial charge in [0.15, 0.2) is 0 Å². The zero-order valence-corrected chi connectivity index (χ0v) is 22.3. The summed E-state index contributed by atoms with van der Waals surface area (Å²) in [5.41, 5.74) is 2.07. The molecule has 39 heavy (non-hydrogen) atoms. The average molecular weight is 555 g/mol. The third kappa shape index (κ3) is 6.60. The Bertz CT molecular complexity index is 1470. The first-order valence-corrected chi connectivity index (χ1v) is 14.1. The molecule has 7 nitrogen and oxygen atoms in total. The number of benzene rings is 3. The molecule has 11 heteroatoms. The molecule has 1 aromatic heterocycles. The van der Waals surface area contributed by atoms with Crippen molar-refractivity contribution >= 4 is 33.5 Å². The molecule has 0 aliphatic carbocycles. The Morgan fingerprint density at radius 1 is 0.949 bits per heavy atom. The lowest BCUT2D eigenvalue weighted by Crippen LogP contribution is -2.31. The van der Waals surface area contributed by atoms with E-state index in [1.165, 1.54) is 25.0 Å². The Labute approximate surface area is 227 Å². The van der Waals surface area contributed by atoms with Gasteiger partial charge in [-0.25, -0.2) is 4.98 Å². The summed E-state index contributed by atoms with van der Waals surface area (Å²) in [5, 5.41) is 14.7. The minimum absolute atomic E-state index is 0.0904. The van der Waals surface area contributed by atoms with E-state index in [2.05, 4.69) is 30.7 Å². The van der Waals surface area contributed by atoms with Crippen LogP contribution in [0.4, 0.5) is 24.8 Å². The Morgan fingerprint density at radius 3 is 2.44 bits per heavy atom. The highest BCUT2D eigenvalue weighted by Gasteiger charge is 2.33. The predicted octanol–water partition coefficient (Wildman–Crippen LogP) is 5.51. The normalized spacial score (nSPS) is 15.1. The van der Waals surface area contributed by atoms with Crippen molar-refractivity contribution < 1.29 is 17.4 Å². The number of fused-ring (bicyclic) bond motifs is 1. The molecule has 1 aliphatic heterocycles. The largest absolute Gasteiger partial charge is 0.417 e. The second-order valence-corrected chi connectivity index (χ2v) is 11.0. The fourth-order valence-corrected chi connectivity index (χ4v) is 5.64. The number of hydrogen-bond acceptors (Lipinski definition) is 7. The molecule has 2 N–H and O–H groups in total. The zero-order valence-electron chi connectivity index (χ0n) is 21.5. The summed E-state index contributed by atoms with van der Waals surface area (Å²) in [6, 6.07) is 16.0. The first kappa shape index (κ1) is 27.2. The molecular formula is C28H29F3N6OS. The second-order valence-electron chi connectivity index (χ2n) is 9.52. The van der Waals surface area contributed by atoms with Gasteiger partial charge in [-0.3, -0.25) is 4.21 Å². The van der Waals surface area contributed by atoms with E-state index in [-0.39, 0.29) is 11.5 Å². The summed E-state index contributed by atoms with van der Waals surface area (Å²) in [6.45, 7) is 5.83. The first-order chi connectivity index (χ1) is 18.8. The van der Waals surface area contributed by atoms with Crippen molar-refractivity contribution in [2.45, 2.75) is 30.8 Å². The molecule has 1 saturated heterocycles. The van der Waals surface area contributed by atoms with Crippen molar-refractivity contribution in [3.63, 3.8) is 0 Å². The highest BCUT2D eigenvalue weighted by Crippen LogP contribution is 2.38. The number of aromatic nitrogens is 3. The Balaban J connectivity index is 1.25. The van der Waals surface area contributed by atoms with Gasteiger partial charge in [-0.1, -0.05) is 18.2 Å². The van der Waals surface area contributed by atoms with E-state index < -0.39 is 22.5 Å². The van der Waals surface area contributed by atoms with E-state index in [4.69, 9.17) is 0 Å². The summed E-state index contributed by atoms with van der Waals surface area (Å²) in [6.07, 6.45) is -1.96. The summed E-state index contributed by atoms with van der Waals surface area (Å²) in [7, 11) is -1.16. The quantitative estimate of drug-likeness (QED) is 0.264. The van der Waals surface area contributed by atoms with Gasteiger partial charge in [-0.05, 0) is 92.0 Å². The monoisotopic (exact) mass is 554 g/mol. The molecule has 0 saturated carbocycles. The summed E-state index contributed by atoms with van der Waals surface area (Å²) < 4.78 is 53.3. The highest BCUT2D eigenvalue weighted by molar-refractivity contribution is 7.85. The molecule has 1 atom stereocenters. The number of anilines is 2. The lowest BCUT2D eigenvalue weighted by molar-refractivity contribution is -0.137. The molecule has 5 rings (SSSR count). The number of likely N-dealkylation sites (tertiary alicyclic amines) is 1. The van der Waals surface area contributed by atoms with Crippen LogP contribution in [0.25, 0.3) is 22.2 Å². The molecule has 0 radical (unpaired) electrons. The fourth-order valence-electron chi connectivity index (χ4n) is 4.71. The summed E-state index contributed by atoms with van der Waals surface area (Å²) in [4.78, 5) is 7.62. The number of nitrogens with one attached hydrogen (secondary N) is 2. The van der Waals surface area contributed by atoms with E-state index in [1.54, 1.807) is 49.4 Å². The van der Waals surface area contributed by atoms with Crippen LogP contribution < -0.4 is 10.6 Å². The van der Waals surface area contributed by atoms with Gasteiger partial charge < -0.3 is 15.5 Å². The fraction of sp³-hybridized carbons (Fsp3) is 0.321. The van der Waals surface area contributed by atoms with Crippen molar-refractivity contribution in [2.75, 3.05) is 37.4 Å². The molecule has 2 heterocycles. The van der Waals surface area contributed by atoms with E-state index in [9.17, 15) is 17.4 Å². The zero-order chi connectivity index (χ0) is 27.4. The SMILES string of the molecule is Cc1cc2nc(Nc3ccc(S(=O)CNCCN4CCCC4)cc3)nnc2cc1-c1ccccc1C(F)(F)F. The van der Waals surface area contributed by atoms with Crippen LogP contribution in [0.5, 0.6) is 0 Å². The van der Waals surface area contributed by atoms with Gasteiger partial charge in [0.05, 0.1) is 27.8 Å². The maximum atomic E-state index is 13.6. The van der Waals surface area contributed by atoms with Gasteiger partial charge in [0.2, 0.25) is 5.95 Å². The highest BCUT2D eigenvalue weighted by atomic mass is 32.2. The minimum atomic E-state index is -4.47. The molecule has 3 aromatic carbocycles. The van der Waals surface area contributed by atoms with Crippen LogP contribution in [0.2, 0.25) is 0 Å². The number of rotatable bonds is 9.